The highest BCUT2D eigenvalue weighted by Crippen LogP contribution is 2.28. The highest BCUT2D eigenvalue weighted by atomic mass is 32.2. The minimum Gasteiger partial charge on any atom is -0.352 e. The Morgan fingerprint density at radius 1 is 0.850 bits per heavy atom. The number of nitrogens with zero attached hydrogens (tertiary/aromatic N) is 2. The molecule has 0 aliphatic heterocycles. The van der Waals surface area contributed by atoms with Crippen molar-refractivity contribution in [3.05, 3.63) is 95.1 Å². The second-order valence-corrected chi connectivity index (χ2v) is 12.2. The van der Waals surface area contributed by atoms with Gasteiger partial charge in [-0.3, -0.25) is 13.9 Å². The van der Waals surface area contributed by atoms with Gasteiger partial charge in [-0.15, -0.1) is 0 Å². The molecule has 0 aromatic heterocycles. The lowest BCUT2D eigenvalue weighted by Gasteiger charge is -2.34. The highest BCUT2D eigenvalue weighted by molar-refractivity contribution is 7.92. The third kappa shape index (κ3) is 7.50. The Balaban J connectivity index is 2.09. The molecule has 0 bridgehead atoms. The van der Waals surface area contributed by atoms with Crippen molar-refractivity contribution in [2.75, 3.05) is 10.8 Å². The number of aryl methyl sites for hydroxylation is 3. The lowest BCUT2D eigenvalue weighted by molar-refractivity contribution is -0.140. The summed E-state index contributed by atoms with van der Waals surface area (Å²) in [4.78, 5) is 29.2. The van der Waals surface area contributed by atoms with Gasteiger partial charge in [0, 0.05) is 12.6 Å². The van der Waals surface area contributed by atoms with E-state index >= 15 is 0 Å². The summed E-state index contributed by atoms with van der Waals surface area (Å²) in [6.45, 7) is 11.2. The number of amides is 2. The lowest BCUT2D eigenvalue weighted by Crippen LogP contribution is -2.53. The van der Waals surface area contributed by atoms with Gasteiger partial charge >= 0.3 is 0 Å². The van der Waals surface area contributed by atoms with Crippen LogP contribution >= 0.6 is 0 Å². The van der Waals surface area contributed by atoms with Crippen LogP contribution in [0.2, 0.25) is 0 Å². The Labute approximate surface area is 239 Å². The minimum atomic E-state index is -4.09. The average Bonchev–Trinajstić information content (AvgIpc) is 2.93. The zero-order chi connectivity index (χ0) is 29.4. The Bertz CT molecular complexity index is 1420. The van der Waals surface area contributed by atoms with Crippen LogP contribution in [0, 0.1) is 20.8 Å². The quantitative estimate of drug-likeness (QED) is 0.314. The summed E-state index contributed by atoms with van der Waals surface area (Å²) in [6, 6.07) is 20.6. The third-order valence-corrected chi connectivity index (χ3v) is 8.84. The van der Waals surface area contributed by atoms with Gasteiger partial charge < -0.3 is 10.2 Å². The molecule has 0 saturated carbocycles. The van der Waals surface area contributed by atoms with E-state index in [0.29, 0.717) is 12.1 Å². The molecule has 3 rings (SSSR count). The summed E-state index contributed by atoms with van der Waals surface area (Å²) < 4.78 is 29.2. The zero-order valence-corrected chi connectivity index (χ0v) is 25.2. The Morgan fingerprint density at radius 2 is 1.52 bits per heavy atom. The second kappa shape index (κ2) is 13.6. The van der Waals surface area contributed by atoms with Gasteiger partial charge in [0.2, 0.25) is 11.8 Å². The minimum absolute atomic E-state index is 0.0534. The fourth-order valence-electron chi connectivity index (χ4n) is 4.59. The summed E-state index contributed by atoms with van der Waals surface area (Å²) in [5, 5.41) is 3.01. The predicted molar refractivity (Wildman–Crippen MR) is 161 cm³/mol. The molecule has 0 fully saturated rings. The van der Waals surface area contributed by atoms with E-state index in [4.69, 9.17) is 0 Å². The van der Waals surface area contributed by atoms with Crippen LogP contribution in [0.3, 0.4) is 0 Å². The van der Waals surface area contributed by atoms with Gasteiger partial charge in [0.25, 0.3) is 10.0 Å². The summed E-state index contributed by atoms with van der Waals surface area (Å²) in [6.07, 6.45) is 1.14. The molecule has 2 amide bonds. The molecule has 0 unspecified atom stereocenters. The third-order valence-electron chi connectivity index (χ3n) is 7.07. The zero-order valence-electron chi connectivity index (χ0n) is 24.3. The molecule has 1 N–H and O–H groups in total. The highest BCUT2D eigenvalue weighted by Gasteiger charge is 2.34. The molecule has 3 aromatic rings. The molecular weight excluding hydrogens is 522 g/mol. The molecule has 2 atom stereocenters. The summed E-state index contributed by atoms with van der Waals surface area (Å²) >= 11 is 0. The molecule has 0 spiro atoms. The van der Waals surface area contributed by atoms with Crippen molar-refractivity contribution < 1.29 is 18.0 Å². The van der Waals surface area contributed by atoms with E-state index in [9.17, 15) is 18.0 Å². The van der Waals surface area contributed by atoms with E-state index in [1.807, 2.05) is 77.9 Å². The number of hydrogen-bond donors (Lipinski definition) is 1. The van der Waals surface area contributed by atoms with Gasteiger partial charge in [-0.1, -0.05) is 74.0 Å². The molecule has 40 heavy (non-hydrogen) atoms. The molecule has 0 aliphatic rings. The number of carbonyl (C=O) groups excluding carboxylic acids is 2. The summed E-state index contributed by atoms with van der Waals surface area (Å²) in [7, 11) is -4.09. The normalized spacial score (nSPS) is 12.8. The largest absolute Gasteiger partial charge is 0.352 e. The predicted octanol–water partition coefficient (Wildman–Crippen LogP) is 5.53. The van der Waals surface area contributed by atoms with Gasteiger partial charge in [-0.25, -0.2) is 8.42 Å². The van der Waals surface area contributed by atoms with E-state index in [1.54, 1.807) is 24.3 Å². The van der Waals surface area contributed by atoms with Crippen molar-refractivity contribution in [3.8, 4) is 0 Å². The molecule has 0 heterocycles. The van der Waals surface area contributed by atoms with Crippen molar-refractivity contribution in [2.45, 2.75) is 77.9 Å². The number of benzene rings is 3. The molecule has 8 heteroatoms. The van der Waals surface area contributed by atoms with Crippen molar-refractivity contribution in [2.24, 2.45) is 0 Å². The fourth-order valence-corrected chi connectivity index (χ4v) is 6.08. The number of carbonyl (C=O) groups is 2. The maximum absolute atomic E-state index is 14.2. The number of hydrogen-bond acceptors (Lipinski definition) is 4. The monoisotopic (exact) mass is 563 g/mol. The van der Waals surface area contributed by atoms with Crippen LogP contribution in [-0.4, -0.2) is 43.8 Å². The number of rotatable bonds is 12. The maximum atomic E-state index is 14.2. The molecule has 0 radical (unpaired) electrons. The summed E-state index contributed by atoms with van der Waals surface area (Å²) in [5.74, 6) is -0.699. The standard InChI is InChI=1S/C32H41N3O4S/c1-7-26(6)33-32(37)29(8-2)34(21-27-14-12-13-23(3)19-27)31(36)22-35(30-20-24(4)17-18-25(30)5)40(38,39)28-15-10-9-11-16-28/h9-20,26,29H,7-8,21-22H2,1-6H3,(H,33,37)/t26-,29-/m0/s1. The van der Waals surface area contributed by atoms with Crippen molar-refractivity contribution >= 4 is 27.5 Å². The van der Waals surface area contributed by atoms with Crippen molar-refractivity contribution in [3.63, 3.8) is 0 Å². The Morgan fingerprint density at radius 3 is 2.15 bits per heavy atom. The topological polar surface area (TPSA) is 86.8 Å². The van der Waals surface area contributed by atoms with E-state index in [1.165, 1.54) is 21.3 Å². The van der Waals surface area contributed by atoms with Gasteiger partial charge in [-0.05, 0) is 75.4 Å². The fraction of sp³-hybridized carbons (Fsp3) is 0.375. The lowest BCUT2D eigenvalue weighted by atomic mass is 10.1. The Kier molecular flexibility index (Phi) is 10.5. The molecule has 0 aliphatic carbocycles. The molecule has 7 nitrogen and oxygen atoms in total. The van der Waals surface area contributed by atoms with Gasteiger partial charge in [-0.2, -0.15) is 0 Å². The van der Waals surface area contributed by atoms with Gasteiger partial charge in [0.05, 0.1) is 10.6 Å². The van der Waals surface area contributed by atoms with Gasteiger partial charge in [0.15, 0.2) is 0 Å². The second-order valence-electron chi connectivity index (χ2n) is 10.4. The Hall–Kier alpha value is -3.65. The van der Waals surface area contributed by atoms with E-state index < -0.39 is 28.5 Å². The maximum Gasteiger partial charge on any atom is 0.264 e. The molecule has 0 saturated heterocycles. The van der Waals surface area contributed by atoms with Crippen LogP contribution in [0.5, 0.6) is 0 Å². The number of nitrogens with one attached hydrogen (secondary N) is 1. The first-order valence-electron chi connectivity index (χ1n) is 13.8. The first-order valence-corrected chi connectivity index (χ1v) is 15.2. The van der Waals surface area contributed by atoms with Crippen molar-refractivity contribution in [1.82, 2.24) is 10.2 Å². The van der Waals surface area contributed by atoms with E-state index in [0.717, 1.165) is 28.7 Å². The van der Waals surface area contributed by atoms with Crippen molar-refractivity contribution in [1.29, 1.82) is 0 Å². The van der Waals surface area contributed by atoms with E-state index in [-0.39, 0.29) is 23.4 Å². The first kappa shape index (κ1) is 30.9. The first-order chi connectivity index (χ1) is 19.0. The number of sulfonamides is 1. The molecular formula is C32H41N3O4S. The smallest absolute Gasteiger partial charge is 0.264 e. The molecule has 3 aromatic carbocycles. The molecule has 214 valence electrons. The van der Waals surface area contributed by atoms with Crippen LogP contribution in [0.25, 0.3) is 0 Å². The van der Waals surface area contributed by atoms with Crippen LogP contribution in [0.15, 0.2) is 77.7 Å². The van der Waals surface area contributed by atoms with E-state index in [2.05, 4.69) is 5.32 Å². The SMILES string of the molecule is CC[C@H](C)NC(=O)[C@H](CC)N(Cc1cccc(C)c1)C(=O)CN(c1cc(C)ccc1C)S(=O)(=O)c1ccccc1. The average molecular weight is 564 g/mol. The summed E-state index contributed by atoms with van der Waals surface area (Å²) in [5.41, 5.74) is 3.94. The van der Waals surface area contributed by atoms with Gasteiger partial charge in [0.1, 0.15) is 12.6 Å². The van der Waals surface area contributed by atoms with Crippen LogP contribution in [0.1, 0.15) is 55.9 Å². The van der Waals surface area contributed by atoms with Crippen LogP contribution < -0.4 is 9.62 Å². The van der Waals surface area contributed by atoms with Crippen LogP contribution in [-0.2, 0) is 26.2 Å². The van der Waals surface area contributed by atoms with Crippen LogP contribution in [0.4, 0.5) is 5.69 Å². The number of anilines is 1.